The van der Waals surface area contributed by atoms with Crippen molar-refractivity contribution >= 4 is 54.2 Å². The zero-order valence-electron chi connectivity index (χ0n) is 10.9. The highest BCUT2D eigenvalue weighted by atomic mass is 79.9. The molecule has 0 radical (unpaired) electrons. The molecular formula is C17H11Br2ClO. The SMILES string of the molecule is Clc1ccc(CBr)c(Oc2ccc3ccccc3c2Br)c1. The summed E-state index contributed by atoms with van der Waals surface area (Å²) in [5.41, 5.74) is 1.06. The number of fused-ring (bicyclic) bond motifs is 1. The van der Waals surface area contributed by atoms with Crippen LogP contribution in [0, 0.1) is 0 Å². The third-order valence-electron chi connectivity index (χ3n) is 3.22. The van der Waals surface area contributed by atoms with E-state index in [1.807, 2.05) is 42.5 Å². The van der Waals surface area contributed by atoms with Crippen LogP contribution >= 0.6 is 43.5 Å². The van der Waals surface area contributed by atoms with E-state index in [2.05, 4.69) is 44.0 Å². The van der Waals surface area contributed by atoms with Crippen molar-refractivity contribution in [2.45, 2.75) is 5.33 Å². The lowest BCUT2D eigenvalue weighted by molar-refractivity contribution is 0.476. The van der Waals surface area contributed by atoms with E-state index in [4.69, 9.17) is 16.3 Å². The number of ether oxygens (including phenoxy) is 1. The number of benzene rings is 3. The number of hydrogen-bond donors (Lipinski definition) is 0. The highest BCUT2D eigenvalue weighted by Crippen LogP contribution is 2.37. The summed E-state index contributed by atoms with van der Waals surface area (Å²) in [6.07, 6.45) is 0. The van der Waals surface area contributed by atoms with Crippen molar-refractivity contribution in [1.29, 1.82) is 0 Å². The fraction of sp³-hybridized carbons (Fsp3) is 0.0588. The Morgan fingerprint density at radius 3 is 2.57 bits per heavy atom. The molecule has 0 atom stereocenters. The lowest BCUT2D eigenvalue weighted by Gasteiger charge is -2.13. The maximum Gasteiger partial charge on any atom is 0.142 e. The summed E-state index contributed by atoms with van der Waals surface area (Å²) in [6.45, 7) is 0. The second kappa shape index (κ2) is 6.39. The van der Waals surface area contributed by atoms with Crippen LogP contribution in [0.2, 0.25) is 5.02 Å². The Balaban J connectivity index is 2.06. The monoisotopic (exact) mass is 424 g/mol. The molecule has 21 heavy (non-hydrogen) atoms. The van der Waals surface area contributed by atoms with Gasteiger partial charge in [0.15, 0.2) is 0 Å². The van der Waals surface area contributed by atoms with Crippen LogP contribution in [0.15, 0.2) is 59.1 Å². The average molecular weight is 427 g/mol. The van der Waals surface area contributed by atoms with Gasteiger partial charge < -0.3 is 4.74 Å². The van der Waals surface area contributed by atoms with Crippen LogP contribution in [0.4, 0.5) is 0 Å². The smallest absolute Gasteiger partial charge is 0.142 e. The lowest BCUT2D eigenvalue weighted by Crippen LogP contribution is -1.91. The Bertz CT molecular complexity index is 802. The normalized spacial score (nSPS) is 10.8. The van der Waals surface area contributed by atoms with Crippen molar-refractivity contribution in [2.75, 3.05) is 0 Å². The van der Waals surface area contributed by atoms with E-state index in [9.17, 15) is 0 Å². The van der Waals surface area contributed by atoms with Gasteiger partial charge in [0, 0.05) is 15.9 Å². The molecule has 3 aromatic carbocycles. The first-order valence-electron chi connectivity index (χ1n) is 6.38. The Hall–Kier alpha value is -1.03. The van der Waals surface area contributed by atoms with Gasteiger partial charge in [-0.05, 0) is 44.9 Å². The van der Waals surface area contributed by atoms with E-state index in [1.54, 1.807) is 0 Å². The van der Waals surface area contributed by atoms with Gasteiger partial charge in [0.25, 0.3) is 0 Å². The van der Waals surface area contributed by atoms with Crippen LogP contribution in [0.3, 0.4) is 0 Å². The van der Waals surface area contributed by atoms with Crippen LogP contribution in [-0.4, -0.2) is 0 Å². The minimum atomic E-state index is 0.659. The van der Waals surface area contributed by atoms with E-state index in [0.717, 1.165) is 26.9 Å². The minimum absolute atomic E-state index is 0.659. The molecule has 1 nitrogen and oxygen atoms in total. The summed E-state index contributed by atoms with van der Waals surface area (Å²) < 4.78 is 7.00. The zero-order chi connectivity index (χ0) is 14.8. The Labute approximate surface area is 145 Å². The fourth-order valence-corrected chi connectivity index (χ4v) is 3.34. The highest BCUT2D eigenvalue weighted by Gasteiger charge is 2.10. The Kier molecular flexibility index (Phi) is 4.53. The zero-order valence-corrected chi connectivity index (χ0v) is 14.9. The molecule has 106 valence electrons. The summed E-state index contributed by atoms with van der Waals surface area (Å²) in [4.78, 5) is 0. The van der Waals surface area contributed by atoms with Gasteiger partial charge in [-0.2, -0.15) is 0 Å². The Morgan fingerprint density at radius 1 is 0.952 bits per heavy atom. The first-order chi connectivity index (χ1) is 10.2. The second-order valence-corrected chi connectivity index (χ2v) is 6.38. The predicted octanol–water partition coefficient (Wildman–Crippen LogP) is 6.94. The highest BCUT2D eigenvalue weighted by molar-refractivity contribution is 9.10. The van der Waals surface area contributed by atoms with Gasteiger partial charge >= 0.3 is 0 Å². The van der Waals surface area contributed by atoms with Gasteiger partial charge in [-0.15, -0.1) is 0 Å². The van der Waals surface area contributed by atoms with E-state index in [0.29, 0.717) is 10.4 Å². The molecule has 0 saturated heterocycles. The molecule has 4 heteroatoms. The Morgan fingerprint density at radius 2 is 1.76 bits per heavy atom. The molecular weight excluding hydrogens is 415 g/mol. The number of halogens is 3. The summed E-state index contributed by atoms with van der Waals surface area (Å²) >= 11 is 13.2. The summed E-state index contributed by atoms with van der Waals surface area (Å²) in [5, 5.41) is 3.66. The van der Waals surface area contributed by atoms with Crippen LogP contribution in [0.1, 0.15) is 5.56 Å². The molecule has 0 spiro atoms. The third kappa shape index (κ3) is 3.10. The van der Waals surface area contributed by atoms with Crippen LogP contribution < -0.4 is 4.74 Å². The van der Waals surface area contributed by atoms with Crippen molar-refractivity contribution in [3.05, 3.63) is 69.7 Å². The standard InChI is InChI=1S/C17H11Br2ClO/c18-10-12-5-7-13(20)9-16(12)21-15-8-6-11-3-1-2-4-14(11)17(15)19/h1-9H,10H2. The molecule has 0 aliphatic carbocycles. The number of alkyl halides is 1. The van der Waals surface area contributed by atoms with Crippen molar-refractivity contribution in [3.8, 4) is 11.5 Å². The lowest BCUT2D eigenvalue weighted by atomic mass is 10.1. The van der Waals surface area contributed by atoms with Gasteiger partial charge in [0.2, 0.25) is 0 Å². The maximum absolute atomic E-state index is 6.07. The van der Waals surface area contributed by atoms with Crippen molar-refractivity contribution in [1.82, 2.24) is 0 Å². The molecule has 3 aromatic rings. The molecule has 0 unspecified atom stereocenters. The molecule has 0 fully saturated rings. The van der Waals surface area contributed by atoms with Crippen LogP contribution in [0.25, 0.3) is 10.8 Å². The molecule has 0 bridgehead atoms. The molecule has 0 N–H and O–H groups in total. The molecule has 0 amide bonds. The van der Waals surface area contributed by atoms with E-state index < -0.39 is 0 Å². The first-order valence-corrected chi connectivity index (χ1v) is 8.68. The van der Waals surface area contributed by atoms with E-state index >= 15 is 0 Å². The molecule has 0 heterocycles. The van der Waals surface area contributed by atoms with E-state index in [-0.39, 0.29) is 0 Å². The molecule has 0 saturated carbocycles. The van der Waals surface area contributed by atoms with Crippen molar-refractivity contribution in [2.24, 2.45) is 0 Å². The maximum atomic E-state index is 6.07. The average Bonchev–Trinajstić information content (AvgIpc) is 2.51. The van der Waals surface area contributed by atoms with Crippen molar-refractivity contribution in [3.63, 3.8) is 0 Å². The largest absolute Gasteiger partial charge is 0.456 e. The van der Waals surface area contributed by atoms with Gasteiger partial charge in [0.05, 0.1) is 4.47 Å². The van der Waals surface area contributed by atoms with Gasteiger partial charge in [-0.25, -0.2) is 0 Å². The first kappa shape index (κ1) is 14.9. The molecule has 3 rings (SSSR count). The van der Waals surface area contributed by atoms with E-state index in [1.165, 1.54) is 5.39 Å². The topological polar surface area (TPSA) is 9.23 Å². The third-order valence-corrected chi connectivity index (χ3v) is 4.88. The van der Waals surface area contributed by atoms with Gasteiger partial charge in [0.1, 0.15) is 11.5 Å². The quantitative estimate of drug-likeness (QED) is 0.412. The number of rotatable bonds is 3. The van der Waals surface area contributed by atoms with Crippen molar-refractivity contribution < 1.29 is 4.74 Å². The minimum Gasteiger partial charge on any atom is -0.456 e. The summed E-state index contributed by atoms with van der Waals surface area (Å²) in [6, 6.07) is 17.8. The summed E-state index contributed by atoms with van der Waals surface area (Å²) in [5.74, 6) is 1.54. The number of hydrogen-bond acceptors (Lipinski definition) is 1. The summed E-state index contributed by atoms with van der Waals surface area (Å²) in [7, 11) is 0. The van der Waals surface area contributed by atoms with Crippen LogP contribution in [0.5, 0.6) is 11.5 Å². The molecule has 0 aromatic heterocycles. The second-order valence-electron chi connectivity index (χ2n) is 4.59. The molecule has 0 aliphatic heterocycles. The van der Waals surface area contributed by atoms with Gasteiger partial charge in [-0.1, -0.05) is 63.9 Å². The van der Waals surface area contributed by atoms with Crippen LogP contribution in [-0.2, 0) is 5.33 Å². The fourth-order valence-electron chi connectivity index (χ4n) is 2.14. The molecule has 0 aliphatic rings. The van der Waals surface area contributed by atoms with Gasteiger partial charge in [-0.3, -0.25) is 0 Å². The predicted molar refractivity (Wildman–Crippen MR) is 95.8 cm³/mol.